The first-order valence-electron chi connectivity index (χ1n) is 8.92. The van der Waals surface area contributed by atoms with Crippen LogP contribution >= 0.6 is 0 Å². The molecule has 0 radical (unpaired) electrons. The minimum Gasteiger partial charge on any atom is -0.393 e. The highest BCUT2D eigenvalue weighted by Gasteiger charge is 2.31. The SMILES string of the molecule is Cc1cc(/C=C/c2ccc(N(C)C)cc2)c([N+](=O)[O-])c2oc3ccccc3[n+]12. The Morgan fingerprint density at radius 1 is 1.07 bits per heavy atom. The summed E-state index contributed by atoms with van der Waals surface area (Å²) in [5.41, 5.74) is 5.08. The van der Waals surface area contributed by atoms with E-state index in [4.69, 9.17) is 4.42 Å². The monoisotopic (exact) mass is 374 g/mol. The van der Waals surface area contributed by atoms with E-state index < -0.39 is 0 Å². The Bertz CT molecular complexity index is 1220. The van der Waals surface area contributed by atoms with E-state index in [2.05, 4.69) is 0 Å². The van der Waals surface area contributed by atoms with Crippen molar-refractivity contribution < 1.29 is 13.7 Å². The first kappa shape index (κ1) is 17.7. The second-order valence-corrected chi connectivity index (χ2v) is 6.88. The van der Waals surface area contributed by atoms with Gasteiger partial charge in [0.1, 0.15) is 0 Å². The lowest BCUT2D eigenvalue weighted by atomic mass is 10.1. The minimum absolute atomic E-state index is 0.0389. The molecule has 0 aliphatic heterocycles. The predicted molar refractivity (Wildman–Crippen MR) is 110 cm³/mol. The Kier molecular flexibility index (Phi) is 4.31. The molecule has 0 amide bonds. The van der Waals surface area contributed by atoms with Gasteiger partial charge in [-0.15, -0.1) is 4.40 Å². The van der Waals surface area contributed by atoms with Crippen molar-refractivity contribution in [2.45, 2.75) is 6.92 Å². The Morgan fingerprint density at radius 2 is 1.79 bits per heavy atom. The smallest absolute Gasteiger partial charge is 0.393 e. The van der Waals surface area contributed by atoms with Crippen LogP contribution in [-0.2, 0) is 0 Å². The molecular weight excluding hydrogens is 354 g/mol. The van der Waals surface area contributed by atoms with Gasteiger partial charge in [0.2, 0.25) is 5.58 Å². The first-order chi connectivity index (χ1) is 13.5. The molecule has 0 bridgehead atoms. The number of nitrogens with zero attached hydrogens (tertiary/aromatic N) is 3. The average Bonchev–Trinajstić information content (AvgIpc) is 3.06. The summed E-state index contributed by atoms with van der Waals surface area (Å²) >= 11 is 0. The second-order valence-electron chi connectivity index (χ2n) is 6.88. The summed E-state index contributed by atoms with van der Waals surface area (Å²) in [6.45, 7) is 1.92. The van der Waals surface area contributed by atoms with Crippen molar-refractivity contribution in [3.05, 3.63) is 81.5 Å². The Balaban J connectivity index is 1.85. The summed E-state index contributed by atoms with van der Waals surface area (Å²) in [7, 11) is 3.97. The van der Waals surface area contributed by atoms with Crippen molar-refractivity contribution >= 4 is 40.3 Å². The van der Waals surface area contributed by atoms with Gasteiger partial charge in [-0.05, 0) is 29.8 Å². The highest BCUT2D eigenvalue weighted by atomic mass is 16.6. The molecule has 0 aliphatic carbocycles. The number of oxazole rings is 1. The summed E-state index contributed by atoms with van der Waals surface area (Å²) in [5.74, 6) is 0. The van der Waals surface area contributed by atoms with E-state index in [9.17, 15) is 10.1 Å². The Labute approximate surface area is 162 Å². The number of rotatable bonds is 4. The number of aromatic nitrogens is 1. The molecule has 4 rings (SSSR count). The molecule has 0 fully saturated rings. The second kappa shape index (κ2) is 6.81. The third-order valence-electron chi connectivity index (χ3n) is 4.76. The molecule has 2 heterocycles. The molecule has 2 aromatic heterocycles. The van der Waals surface area contributed by atoms with Gasteiger partial charge in [-0.2, -0.15) is 0 Å². The fraction of sp³-hybridized carbons (Fsp3) is 0.136. The molecule has 0 saturated carbocycles. The number of nitro groups is 1. The van der Waals surface area contributed by atoms with Crippen molar-refractivity contribution in [3.63, 3.8) is 0 Å². The normalized spacial score (nSPS) is 11.5. The lowest BCUT2D eigenvalue weighted by Gasteiger charge is -2.11. The largest absolute Gasteiger partial charge is 0.460 e. The van der Waals surface area contributed by atoms with Gasteiger partial charge >= 0.3 is 11.4 Å². The topological polar surface area (TPSA) is 63.6 Å². The zero-order chi connectivity index (χ0) is 19.8. The maximum Gasteiger partial charge on any atom is 0.460 e. The van der Waals surface area contributed by atoms with E-state index in [-0.39, 0.29) is 16.3 Å². The van der Waals surface area contributed by atoms with E-state index in [1.165, 1.54) is 0 Å². The van der Waals surface area contributed by atoms with Gasteiger partial charge in [0, 0.05) is 38.8 Å². The first-order valence-corrected chi connectivity index (χ1v) is 8.92. The van der Waals surface area contributed by atoms with Crippen LogP contribution in [0.2, 0.25) is 0 Å². The van der Waals surface area contributed by atoms with Crippen LogP contribution in [0.4, 0.5) is 11.4 Å². The zero-order valence-electron chi connectivity index (χ0n) is 15.9. The molecule has 0 saturated heterocycles. The lowest BCUT2D eigenvalue weighted by Crippen LogP contribution is -2.25. The van der Waals surface area contributed by atoms with Crippen LogP contribution in [0.15, 0.2) is 59.0 Å². The molecule has 2 aromatic carbocycles. The third kappa shape index (κ3) is 2.99. The van der Waals surface area contributed by atoms with Crippen molar-refractivity contribution in [3.8, 4) is 0 Å². The maximum atomic E-state index is 11.8. The van der Waals surface area contributed by atoms with Gasteiger partial charge < -0.3 is 9.32 Å². The summed E-state index contributed by atoms with van der Waals surface area (Å²) in [5, 5.41) is 11.8. The van der Waals surface area contributed by atoms with Crippen LogP contribution in [0.5, 0.6) is 0 Å². The van der Waals surface area contributed by atoms with Crippen LogP contribution < -0.4 is 9.30 Å². The van der Waals surface area contributed by atoms with Crippen molar-refractivity contribution in [2.75, 3.05) is 19.0 Å². The Morgan fingerprint density at radius 3 is 2.46 bits per heavy atom. The molecule has 6 nitrogen and oxygen atoms in total. The van der Waals surface area contributed by atoms with Gasteiger partial charge in [-0.1, -0.05) is 30.3 Å². The quantitative estimate of drug-likeness (QED) is 0.297. The minimum atomic E-state index is -0.383. The van der Waals surface area contributed by atoms with E-state index >= 15 is 0 Å². The standard InChI is InChI=1S/C22H20N3O3/c1-15-14-17(11-8-16-9-12-18(13-10-16)23(2)3)21(25(26)27)22-24(15)19-6-4-5-7-20(19)28-22/h4-14H,1-3H3/q+1. The number of hydrogen-bond acceptors (Lipinski definition) is 4. The number of anilines is 1. The molecule has 28 heavy (non-hydrogen) atoms. The van der Waals surface area contributed by atoms with Gasteiger partial charge in [-0.3, -0.25) is 10.1 Å². The van der Waals surface area contributed by atoms with Crippen LogP contribution in [0.25, 0.3) is 29.0 Å². The molecule has 4 aromatic rings. The van der Waals surface area contributed by atoms with Gasteiger partial charge in [0.15, 0.2) is 5.69 Å². The number of pyridine rings is 1. The molecule has 6 heteroatoms. The number of para-hydroxylation sites is 2. The van der Waals surface area contributed by atoms with E-state index in [1.54, 1.807) is 10.5 Å². The van der Waals surface area contributed by atoms with Crippen molar-refractivity contribution in [2.24, 2.45) is 0 Å². The van der Waals surface area contributed by atoms with Gasteiger partial charge in [-0.25, -0.2) is 0 Å². The van der Waals surface area contributed by atoms with Crippen LogP contribution in [0.1, 0.15) is 16.8 Å². The summed E-state index contributed by atoms with van der Waals surface area (Å²) in [4.78, 5) is 13.5. The van der Waals surface area contributed by atoms with Gasteiger partial charge in [0.05, 0.1) is 10.5 Å². The summed E-state index contributed by atoms with van der Waals surface area (Å²) in [6, 6.07) is 17.3. The molecule has 0 atom stereocenters. The lowest BCUT2D eigenvalue weighted by molar-refractivity contribution is -0.501. The maximum absolute atomic E-state index is 11.8. The van der Waals surface area contributed by atoms with Crippen LogP contribution in [-0.4, -0.2) is 19.0 Å². The van der Waals surface area contributed by atoms with Crippen molar-refractivity contribution in [1.29, 1.82) is 0 Å². The molecule has 0 aliphatic rings. The van der Waals surface area contributed by atoms with Gasteiger partial charge in [0.25, 0.3) is 5.52 Å². The summed E-state index contributed by atoms with van der Waals surface area (Å²) < 4.78 is 7.63. The third-order valence-corrected chi connectivity index (χ3v) is 4.76. The molecular formula is C22H20N3O3+. The predicted octanol–water partition coefficient (Wildman–Crippen LogP) is 4.62. The summed E-state index contributed by atoms with van der Waals surface area (Å²) in [6.07, 6.45) is 3.64. The fourth-order valence-corrected chi connectivity index (χ4v) is 3.35. The molecule has 0 unspecified atom stereocenters. The molecule has 0 N–H and O–H groups in total. The van der Waals surface area contributed by atoms with E-state index in [1.807, 2.05) is 86.6 Å². The van der Waals surface area contributed by atoms with E-state index in [0.29, 0.717) is 11.1 Å². The molecule has 0 spiro atoms. The fourth-order valence-electron chi connectivity index (χ4n) is 3.35. The molecule has 140 valence electrons. The Hall–Kier alpha value is -3.67. The average molecular weight is 374 g/mol. The highest BCUT2D eigenvalue weighted by molar-refractivity contribution is 5.80. The number of aryl methyl sites for hydroxylation is 1. The van der Waals surface area contributed by atoms with E-state index in [0.717, 1.165) is 22.5 Å². The zero-order valence-corrected chi connectivity index (χ0v) is 15.9. The van der Waals surface area contributed by atoms with Crippen LogP contribution in [0, 0.1) is 17.0 Å². The number of fused-ring (bicyclic) bond motifs is 3. The highest BCUT2D eigenvalue weighted by Crippen LogP contribution is 2.29. The number of benzene rings is 2. The van der Waals surface area contributed by atoms with Crippen LogP contribution in [0.3, 0.4) is 0 Å². The number of hydrogen-bond donors (Lipinski definition) is 0. The van der Waals surface area contributed by atoms with Crippen molar-refractivity contribution in [1.82, 2.24) is 0 Å².